The van der Waals surface area contributed by atoms with Crippen molar-refractivity contribution >= 4 is 11.9 Å². The lowest BCUT2D eigenvalue weighted by Crippen LogP contribution is -2.38. The maximum Gasteiger partial charge on any atom is 0.328 e. The third kappa shape index (κ3) is 10.8. The van der Waals surface area contributed by atoms with Crippen LogP contribution in [0.15, 0.2) is 0 Å². The summed E-state index contributed by atoms with van der Waals surface area (Å²) in [6, 6.07) is -0.550. The summed E-state index contributed by atoms with van der Waals surface area (Å²) >= 11 is 0. The molecule has 0 aromatic carbocycles. The summed E-state index contributed by atoms with van der Waals surface area (Å²) in [7, 11) is 1.32. The Balaban J connectivity index is 3.37. The van der Waals surface area contributed by atoms with Gasteiger partial charge in [-0.2, -0.15) is 0 Å². The molecule has 1 N–H and O–H groups in total. The Morgan fingerprint density at radius 2 is 1.45 bits per heavy atom. The highest BCUT2D eigenvalue weighted by Gasteiger charge is 2.14. The van der Waals surface area contributed by atoms with Crippen molar-refractivity contribution in [1.82, 2.24) is 5.32 Å². The fourth-order valence-electron chi connectivity index (χ4n) is 2.15. The van der Waals surface area contributed by atoms with Gasteiger partial charge in [-0.3, -0.25) is 4.79 Å². The maximum atomic E-state index is 11.6. The minimum absolute atomic E-state index is 0.0640. The number of carbonyl (C=O) groups is 2. The molecule has 0 aliphatic carbocycles. The van der Waals surface area contributed by atoms with Crippen LogP contribution in [0, 0.1) is 0 Å². The maximum absolute atomic E-state index is 11.6. The molecule has 4 heteroatoms. The Bertz CT molecular complexity index is 266. The quantitative estimate of drug-likeness (QED) is 0.440. The number of hydrogen-bond donors (Lipinski definition) is 1. The van der Waals surface area contributed by atoms with Gasteiger partial charge in [0.05, 0.1) is 7.11 Å². The van der Waals surface area contributed by atoms with Crippen molar-refractivity contribution < 1.29 is 14.3 Å². The predicted molar refractivity (Wildman–Crippen MR) is 81.5 cm³/mol. The summed E-state index contributed by atoms with van der Waals surface area (Å²) in [5.41, 5.74) is 0. The second kappa shape index (κ2) is 12.9. The van der Waals surface area contributed by atoms with Crippen LogP contribution in [0.5, 0.6) is 0 Å². The van der Waals surface area contributed by atoms with E-state index in [1.165, 1.54) is 52.1 Å². The highest BCUT2D eigenvalue weighted by Crippen LogP contribution is 2.10. The number of methoxy groups -OCH3 is 1. The zero-order valence-corrected chi connectivity index (χ0v) is 13.4. The Hall–Kier alpha value is -1.06. The van der Waals surface area contributed by atoms with E-state index in [0.717, 1.165) is 12.8 Å². The van der Waals surface area contributed by atoms with Crippen molar-refractivity contribution in [3.05, 3.63) is 0 Å². The highest BCUT2D eigenvalue weighted by molar-refractivity contribution is 5.83. The van der Waals surface area contributed by atoms with Crippen LogP contribution in [0.3, 0.4) is 0 Å². The number of esters is 1. The summed E-state index contributed by atoms with van der Waals surface area (Å²) < 4.78 is 4.56. The molecule has 0 fully saturated rings. The molecule has 0 unspecified atom stereocenters. The molecule has 1 atom stereocenters. The number of nitrogens with one attached hydrogen (secondary N) is 1. The van der Waals surface area contributed by atoms with Gasteiger partial charge < -0.3 is 10.1 Å². The van der Waals surface area contributed by atoms with Gasteiger partial charge in [0.15, 0.2) is 0 Å². The molecule has 4 nitrogen and oxygen atoms in total. The van der Waals surface area contributed by atoms with E-state index in [0.29, 0.717) is 6.42 Å². The Morgan fingerprint density at radius 3 is 1.95 bits per heavy atom. The van der Waals surface area contributed by atoms with E-state index in [4.69, 9.17) is 0 Å². The first-order valence-corrected chi connectivity index (χ1v) is 7.99. The molecule has 0 saturated carbocycles. The summed E-state index contributed by atoms with van der Waals surface area (Å²) in [6.45, 7) is 3.87. The van der Waals surface area contributed by atoms with Crippen molar-refractivity contribution in [2.45, 2.75) is 84.1 Å². The first-order valence-electron chi connectivity index (χ1n) is 7.99. The molecule has 0 radical (unpaired) electrons. The molecule has 0 spiro atoms. The molecule has 0 aliphatic heterocycles. The molecule has 0 aliphatic rings. The topological polar surface area (TPSA) is 55.4 Å². The molecule has 20 heavy (non-hydrogen) atoms. The Kier molecular flexibility index (Phi) is 12.3. The fraction of sp³-hybridized carbons (Fsp3) is 0.875. The average molecular weight is 285 g/mol. The van der Waals surface area contributed by atoms with Gasteiger partial charge in [-0.05, 0) is 13.3 Å². The molecule has 0 rings (SSSR count). The molecular weight excluding hydrogens is 254 g/mol. The summed E-state index contributed by atoms with van der Waals surface area (Å²) in [4.78, 5) is 22.7. The van der Waals surface area contributed by atoms with Gasteiger partial charge in [-0.25, -0.2) is 4.79 Å². The van der Waals surface area contributed by atoms with Crippen molar-refractivity contribution in [2.24, 2.45) is 0 Å². The fourth-order valence-corrected chi connectivity index (χ4v) is 2.15. The lowest BCUT2D eigenvalue weighted by atomic mass is 10.1. The first-order chi connectivity index (χ1) is 9.61. The van der Waals surface area contributed by atoms with Gasteiger partial charge in [-0.1, -0.05) is 58.3 Å². The van der Waals surface area contributed by atoms with Crippen LogP contribution < -0.4 is 5.32 Å². The van der Waals surface area contributed by atoms with E-state index < -0.39 is 12.0 Å². The van der Waals surface area contributed by atoms with Crippen LogP contribution in [-0.2, 0) is 14.3 Å². The zero-order valence-electron chi connectivity index (χ0n) is 13.4. The highest BCUT2D eigenvalue weighted by atomic mass is 16.5. The number of ether oxygens (including phenoxy) is 1. The van der Waals surface area contributed by atoms with Gasteiger partial charge in [0.2, 0.25) is 5.91 Å². The van der Waals surface area contributed by atoms with E-state index in [2.05, 4.69) is 17.0 Å². The molecule has 0 heterocycles. The molecular formula is C16H31NO3. The molecule has 0 saturated heterocycles. The van der Waals surface area contributed by atoms with E-state index in [1.54, 1.807) is 6.92 Å². The minimum atomic E-state index is -0.550. The SMILES string of the molecule is CCCCCCCCCCCC(=O)N[C@@H](C)C(=O)OC. The van der Waals surface area contributed by atoms with Crippen LogP contribution in [0.4, 0.5) is 0 Å². The minimum Gasteiger partial charge on any atom is -0.467 e. The van der Waals surface area contributed by atoms with E-state index >= 15 is 0 Å². The largest absolute Gasteiger partial charge is 0.467 e. The lowest BCUT2D eigenvalue weighted by Gasteiger charge is -2.11. The summed E-state index contributed by atoms with van der Waals surface area (Å²) in [5, 5.41) is 2.64. The van der Waals surface area contributed by atoms with Crippen molar-refractivity contribution in [2.75, 3.05) is 7.11 Å². The van der Waals surface area contributed by atoms with E-state index in [1.807, 2.05) is 0 Å². The smallest absolute Gasteiger partial charge is 0.328 e. The molecule has 0 aromatic rings. The molecule has 1 amide bonds. The van der Waals surface area contributed by atoms with Crippen molar-refractivity contribution in [1.29, 1.82) is 0 Å². The normalized spacial score (nSPS) is 11.9. The van der Waals surface area contributed by atoms with Gasteiger partial charge in [0.25, 0.3) is 0 Å². The number of unbranched alkanes of at least 4 members (excludes halogenated alkanes) is 8. The molecule has 0 bridgehead atoms. The molecule has 0 aromatic heterocycles. The zero-order chi connectivity index (χ0) is 15.2. The van der Waals surface area contributed by atoms with Crippen molar-refractivity contribution in [3.63, 3.8) is 0 Å². The van der Waals surface area contributed by atoms with E-state index in [-0.39, 0.29) is 5.91 Å². The van der Waals surface area contributed by atoms with Gasteiger partial charge >= 0.3 is 5.97 Å². The standard InChI is InChI=1S/C16H31NO3/c1-4-5-6-7-8-9-10-11-12-13-15(18)17-14(2)16(19)20-3/h14H,4-13H2,1-3H3,(H,17,18)/t14-/m0/s1. The third-order valence-electron chi connectivity index (χ3n) is 3.44. The van der Waals surface area contributed by atoms with Crippen LogP contribution in [-0.4, -0.2) is 25.0 Å². The number of carbonyl (C=O) groups excluding carboxylic acids is 2. The van der Waals surface area contributed by atoms with Gasteiger partial charge in [-0.15, -0.1) is 0 Å². The lowest BCUT2D eigenvalue weighted by molar-refractivity contribution is -0.144. The second-order valence-electron chi connectivity index (χ2n) is 5.39. The average Bonchev–Trinajstić information content (AvgIpc) is 2.44. The Labute approximate surface area is 123 Å². The van der Waals surface area contributed by atoms with Crippen LogP contribution in [0.25, 0.3) is 0 Å². The van der Waals surface area contributed by atoms with Crippen molar-refractivity contribution in [3.8, 4) is 0 Å². The Morgan fingerprint density at radius 1 is 0.950 bits per heavy atom. The number of rotatable bonds is 12. The molecule has 118 valence electrons. The second-order valence-corrected chi connectivity index (χ2v) is 5.39. The third-order valence-corrected chi connectivity index (χ3v) is 3.44. The predicted octanol–water partition coefficient (Wildman–Crippen LogP) is 3.59. The van der Waals surface area contributed by atoms with Crippen LogP contribution in [0.2, 0.25) is 0 Å². The summed E-state index contributed by atoms with van der Waals surface area (Å²) in [6.07, 6.45) is 11.6. The van der Waals surface area contributed by atoms with E-state index in [9.17, 15) is 9.59 Å². The van der Waals surface area contributed by atoms with Crippen LogP contribution >= 0.6 is 0 Å². The monoisotopic (exact) mass is 285 g/mol. The first kappa shape index (κ1) is 18.9. The van der Waals surface area contributed by atoms with Gasteiger partial charge in [0.1, 0.15) is 6.04 Å². The number of amides is 1. The summed E-state index contributed by atoms with van der Waals surface area (Å²) in [5.74, 6) is -0.462. The number of hydrogen-bond acceptors (Lipinski definition) is 3. The van der Waals surface area contributed by atoms with Crippen LogP contribution in [0.1, 0.15) is 78.1 Å². The van der Waals surface area contributed by atoms with Gasteiger partial charge in [0, 0.05) is 6.42 Å².